The third-order valence-corrected chi connectivity index (χ3v) is 16.0. The molecule has 0 N–H and O–H groups in total. The zero-order valence-electron chi connectivity index (χ0n) is 54.3. The summed E-state index contributed by atoms with van der Waals surface area (Å²) in [7, 11) is 0. The Morgan fingerprint density at radius 2 is 0.481 bits per heavy atom. The Bertz CT molecular complexity index is 1440. The summed E-state index contributed by atoms with van der Waals surface area (Å²) < 4.78 is 16.9. The van der Waals surface area contributed by atoms with Gasteiger partial charge >= 0.3 is 17.9 Å². The Kier molecular flexibility index (Phi) is 67.1. The summed E-state index contributed by atoms with van der Waals surface area (Å²) in [5.41, 5.74) is 0. The molecule has 0 fully saturated rings. The van der Waals surface area contributed by atoms with Gasteiger partial charge in [-0.3, -0.25) is 14.4 Å². The molecule has 0 saturated heterocycles. The number of unbranched alkanes of at least 4 members (excludes halogenated alkanes) is 45. The molecule has 1 unspecified atom stereocenters. The first-order valence-corrected chi connectivity index (χ1v) is 35.8. The van der Waals surface area contributed by atoms with Crippen molar-refractivity contribution < 1.29 is 28.6 Å². The highest BCUT2D eigenvalue weighted by Gasteiger charge is 2.19. The number of hydrogen-bond acceptors (Lipinski definition) is 6. The fraction of sp³-hybridized carbons (Fsp3) is 0.827. The van der Waals surface area contributed by atoms with Crippen LogP contribution in [0.15, 0.2) is 60.8 Å². The predicted octanol–water partition coefficient (Wildman–Crippen LogP) is 24.7. The molecule has 1 atom stereocenters. The molecule has 0 radical (unpaired) electrons. The molecule has 0 bridgehead atoms. The van der Waals surface area contributed by atoms with Crippen molar-refractivity contribution in [3.05, 3.63) is 60.8 Å². The van der Waals surface area contributed by atoms with E-state index in [9.17, 15) is 14.4 Å². The van der Waals surface area contributed by atoms with Crippen LogP contribution in [0.25, 0.3) is 0 Å². The van der Waals surface area contributed by atoms with Crippen molar-refractivity contribution >= 4 is 17.9 Å². The van der Waals surface area contributed by atoms with Crippen molar-refractivity contribution in [2.24, 2.45) is 0 Å². The summed E-state index contributed by atoms with van der Waals surface area (Å²) in [4.78, 5) is 38.3. The molecule has 0 rings (SSSR count). The standard InChI is InChI=1S/C75H136O6/c1-4-7-10-13-16-19-22-25-27-28-29-30-31-32-33-34-35-36-37-38-39-40-41-42-43-44-45-46-48-50-53-56-59-62-65-68-74(77)80-71-72(70-79-73(76)67-64-61-58-55-52-49-24-21-18-15-12-9-6-3)81-75(78)69-66-63-60-57-54-51-47-26-23-20-17-14-11-8-5-2/h8,11,17,20,22,25-26,28-29,47,72H,4-7,9-10,12-16,18-19,21,23-24,27,30-46,48-71H2,1-3H3/b11-8-,20-17-,25-22-,29-28-,47-26-. The Labute approximate surface area is 504 Å². The number of allylic oxidation sites excluding steroid dienone is 10. The first-order chi connectivity index (χ1) is 40.0. The van der Waals surface area contributed by atoms with Crippen LogP contribution in [0.3, 0.4) is 0 Å². The van der Waals surface area contributed by atoms with E-state index in [2.05, 4.69) is 81.5 Å². The topological polar surface area (TPSA) is 78.9 Å². The van der Waals surface area contributed by atoms with Crippen LogP contribution in [0.1, 0.15) is 380 Å². The van der Waals surface area contributed by atoms with Crippen molar-refractivity contribution in [1.29, 1.82) is 0 Å². The van der Waals surface area contributed by atoms with Gasteiger partial charge in [-0.25, -0.2) is 0 Å². The average molecular weight is 1130 g/mol. The third kappa shape index (κ3) is 67.8. The molecule has 0 saturated carbocycles. The third-order valence-electron chi connectivity index (χ3n) is 16.0. The highest BCUT2D eigenvalue weighted by Crippen LogP contribution is 2.18. The van der Waals surface area contributed by atoms with E-state index in [0.29, 0.717) is 19.3 Å². The van der Waals surface area contributed by atoms with Crippen LogP contribution in [0, 0.1) is 0 Å². The number of hydrogen-bond donors (Lipinski definition) is 0. The second-order valence-electron chi connectivity index (χ2n) is 24.1. The minimum absolute atomic E-state index is 0.0760. The molecule has 472 valence electrons. The number of carbonyl (C=O) groups is 3. The highest BCUT2D eigenvalue weighted by atomic mass is 16.6. The van der Waals surface area contributed by atoms with Gasteiger partial charge in [0.15, 0.2) is 6.10 Å². The van der Waals surface area contributed by atoms with Crippen LogP contribution >= 0.6 is 0 Å². The summed E-state index contributed by atoms with van der Waals surface area (Å²) in [6, 6.07) is 0. The monoisotopic (exact) mass is 1130 g/mol. The van der Waals surface area contributed by atoms with Gasteiger partial charge in [0.25, 0.3) is 0 Å². The van der Waals surface area contributed by atoms with Crippen LogP contribution in [-0.2, 0) is 28.6 Å². The van der Waals surface area contributed by atoms with Crippen LogP contribution in [-0.4, -0.2) is 37.2 Å². The quantitative estimate of drug-likeness (QED) is 0.0261. The van der Waals surface area contributed by atoms with Gasteiger partial charge in [0.2, 0.25) is 0 Å². The first-order valence-electron chi connectivity index (χ1n) is 35.8. The molecular formula is C75H136O6. The molecule has 0 amide bonds. The van der Waals surface area contributed by atoms with E-state index in [1.807, 2.05) is 0 Å². The van der Waals surface area contributed by atoms with Gasteiger partial charge in [-0.2, -0.15) is 0 Å². The number of carbonyl (C=O) groups excluding carboxylic acids is 3. The SMILES string of the molecule is CC/C=C\C/C=C\C/C=C\CCCCCCCC(=O)OC(COC(=O)CCCCCCCCCCCCCCC)COC(=O)CCCCCCCCCCCCCCCCCCCCCCCCC/C=C\C/C=C\CCCCCCC. The van der Waals surface area contributed by atoms with Crippen molar-refractivity contribution in [2.45, 2.75) is 386 Å². The molecule has 0 aliphatic heterocycles. The predicted molar refractivity (Wildman–Crippen MR) is 353 cm³/mol. The largest absolute Gasteiger partial charge is 0.462 e. The highest BCUT2D eigenvalue weighted by molar-refractivity contribution is 5.71. The van der Waals surface area contributed by atoms with Crippen LogP contribution < -0.4 is 0 Å². The minimum atomic E-state index is -0.780. The van der Waals surface area contributed by atoms with E-state index >= 15 is 0 Å². The summed E-state index contributed by atoms with van der Waals surface area (Å²) in [6.07, 6.45) is 89.9. The lowest BCUT2D eigenvalue weighted by Gasteiger charge is -2.18. The fourth-order valence-corrected chi connectivity index (χ4v) is 10.7. The van der Waals surface area contributed by atoms with E-state index < -0.39 is 6.10 Å². The molecule has 0 aromatic carbocycles. The second kappa shape index (κ2) is 69.6. The molecular weight excluding hydrogens is 997 g/mol. The maximum absolute atomic E-state index is 12.9. The van der Waals surface area contributed by atoms with Gasteiger partial charge in [-0.15, -0.1) is 0 Å². The van der Waals surface area contributed by atoms with E-state index in [-0.39, 0.29) is 31.1 Å². The van der Waals surface area contributed by atoms with Crippen molar-refractivity contribution in [3.63, 3.8) is 0 Å². The molecule has 0 aromatic rings. The molecule has 6 heteroatoms. The zero-order valence-corrected chi connectivity index (χ0v) is 54.3. The lowest BCUT2D eigenvalue weighted by molar-refractivity contribution is -0.167. The van der Waals surface area contributed by atoms with Crippen molar-refractivity contribution in [3.8, 4) is 0 Å². The number of ether oxygens (including phenoxy) is 3. The maximum atomic E-state index is 12.9. The van der Waals surface area contributed by atoms with E-state index in [1.165, 1.54) is 238 Å². The van der Waals surface area contributed by atoms with Gasteiger partial charge in [0.1, 0.15) is 13.2 Å². The molecule has 0 spiro atoms. The fourth-order valence-electron chi connectivity index (χ4n) is 10.7. The Balaban J connectivity index is 4.06. The molecule has 0 aliphatic carbocycles. The lowest BCUT2D eigenvalue weighted by atomic mass is 10.0. The molecule has 0 heterocycles. The maximum Gasteiger partial charge on any atom is 0.306 e. The van der Waals surface area contributed by atoms with E-state index in [4.69, 9.17) is 14.2 Å². The molecule has 6 nitrogen and oxygen atoms in total. The van der Waals surface area contributed by atoms with Crippen LogP contribution in [0.4, 0.5) is 0 Å². The van der Waals surface area contributed by atoms with Crippen LogP contribution in [0.2, 0.25) is 0 Å². The zero-order chi connectivity index (χ0) is 58.5. The molecule has 81 heavy (non-hydrogen) atoms. The summed E-state index contributed by atoms with van der Waals surface area (Å²) >= 11 is 0. The molecule has 0 aliphatic rings. The van der Waals surface area contributed by atoms with Gasteiger partial charge in [0, 0.05) is 19.3 Å². The van der Waals surface area contributed by atoms with Crippen molar-refractivity contribution in [2.75, 3.05) is 13.2 Å². The Hall–Kier alpha value is -2.89. The normalized spacial score (nSPS) is 12.4. The number of esters is 3. The minimum Gasteiger partial charge on any atom is -0.462 e. The first kappa shape index (κ1) is 78.1. The smallest absolute Gasteiger partial charge is 0.306 e. The van der Waals surface area contributed by atoms with Gasteiger partial charge in [-0.1, -0.05) is 338 Å². The number of rotatable bonds is 66. The van der Waals surface area contributed by atoms with E-state index in [0.717, 1.165) is 103 Å². The van der Waals surface area contributed by atoms with Crippen LogP contribution in [0.5, 0.6) is 0 Å². The average Bonchev–Trinajstić information content (AvgIpc) is 3.46. The summed E-state index contributed by atoms with van der Waals surface area (Å²) in [5.74, 6) is -0.870. The second-order valence-corrected chi connectivity index (χ2v) is 24.1. The van der Waals surface area contributed by atoms with Crippen molar-refractivity contribution in [1.82, 2.24) is 0 Å². The summed E-state index contributed by atoms with van der Waals surface area (Å²) in [6.45, 7) is 6.56. The molecule has 0 aromatic heterocycles. The van der Waals surface area contributed by atoms with Gasteiger partial charge in [-0.05, 0) is 83.5 Å². The van der Waals surface area contributed by atoms with Gasteiger partial charge in [0.05, 0.1) is 0 Å². The Morgan fingerprint density at radius 3 is 0.753 bits per heavy atom. The van der Waals surface area contributed by atoms with E-state index in [1.54, 1.807) is 0 Å². The Morgan fingerprint density at radius 1 is 0.259 bits per heavy atom. The lowest BCUT2D eigenvalue weighted by Crippen LogP contribution is -2.30. The summed E-state index contributed by atoms with van der Waals surface area (Å²) in [5, 5.41) is 0. The van der Waals surface area contributed by atoms with Gasteiger partial charge < -0.3 is 14.2 Å².